The molecule has 0 unspecified atom stereocenters. The Balaban J connectivity index is 2.37. The highest BCUT2D eigenvalue weighted by molar-refractivity contribution is 7.89. The Morgan fingerprint density at radius 2 is 1.87 bits per heavy atom. The van der Waals surface area contributed by atoms with Crippen LogP contribution >= 0.6 is 0 Å². The van der Waals surface area contributed by atoms with Gasteiger partial charge in [0.1, 0.15) is 5.75 Å². The summed E-state index contributed by atoms with van der Waals surface area (Å²) in [5, 5.41) is 2.61. The summed E-state index contributed by atoms with van der Waals surface area (Å²) in [6.07, 6.45) is 1.03. The number of ether oxygens (including phenoxy) is 1. The van der Waals surface area contributed by atoms with E-state index < -0.39 is 10.0 Å². The normalized spacial score (nSPS) is 22.6. The number of methoxy groups -OCH3 is 1. The fraction of sp³-hybridized carbons (Fsp3) is 0.562. The van der Waals surface area contributed by atoms with Crippen molar-refractivity contribution in [3.63, 3.8) is 0 Å². The zero-order valence-corrected chi connectivity index (χ0v) is 14.8. The van der Waals surface area contributed by atoms with Crippen molar-refractivity contribution in [3.05, 3.63) is 18.2 Å². The molecular weight excluding hydrogens is 316 g/mol. The second-order valence-electron chi connectivity index (χ2n) is 6.31. The molecule has 7 heteroatoms. The number of nitrogens with one attached hydrogen (secondary N) is 1. The number of piperidine rings is 1. The van der Waals surface area contributed by atoms with Crippen molar-refractivity contribution < 1.29 is 17.9 Å². The van der Waals surface area contributed by atoms with Crippen molar-refractivity contribution in [2.75, 3.05) is 25.5 Å². The number of carbonyl (C=O) groups excluding carboxylic acids is 1. The number of anilines is 1. The van der Waals surface area contributed by atoms with E-state index >= 15 is 0 Å². The first-order valence-electron chi connectivity index (χ1n) is 7.69. The minimum atomic E-state index is -3.58. The van der Waals surface area contributed by atoms with Crippen molar-refractivity contribution in [2.45, 2.75) is 32.1 Å². The van der Waals surface area contributed by atoms with Crippen LogP contribution < -0.4 is 10.1 Å². The molecule has 1 aliphatic heterocycles. The third-order valence-corrected chi connectivity index (χ3v) is 5.78. The van der Waals surface area contributed by atoms with Crippen LogP contribution in [0.5, 0.6) is 5.75 Å². The molecule has 23 heavy (non-hydrogen) atoms. The molecule has 1 aliphatic rings. The molecular formula is C16H24N2O4S. The zero-order valence-electron chi connectivity index (χ0n) is 14.0. The molecule has 0 bridgehead atoms. The number of nitrogens with zero attached hydrogens (tertiary/aromatic N) is 1. The maximum atomic E-state index is 12.9. The van der Waals surface area contributed by atoms with Crippen LogP contribution in [0.4, 0.5) is 5.69 Å². The third-order valence-electron chi connectivity index (χ3n) is 3.95. The smallest absolute Gasteiger partial charge is 0.243 e. The van der Waals surface area contributed by atoms with E-state index in [2.05, 4.69) is 19.2 Å². The molecule has 1 aromatic carbocycles. The molecule has 128 valence electrons. The fourth-order valence-electron chi connectivity index (χ4n) is 3.09. The molecule has 1 saturated heterocycles. The topological polar surface area (TPSA) is 75.7 Å². The van der Waals surface area contributed by atoms with Gasteiger partial charge < -0.3 is 10.1 Å². The van der Waals surface area contributed by atoms with E-state index in [0.29, 0.717) is 36.4 Å². The Kier molecular flexibility index (Phi) is 5.31. The minimum Gasteiger partial charge on any atom is -0.495 e. The van der Waals surface area contributed by atoms with Gasteiger partial charge in [0.2, 0.25) is 15.9 Å². The van der Waals surface area contributed by atoms with E-state index in [1.165, 1.54) is 30.5 Å². The highest BCUT2D eigenvalue weighted by atomic mass is 32.2. The van der Waals surface area contributed by atoms with Crippen molar-refractivity contribution in [1.29, 1.82) is 0 Å². The predicted molar refractivity (Wildman–Crippen MR) is 89.0 cm³/mol. The van der Waals surface area contributed by atoms with Crippen LogP contribution in [-0.2, 0) is 14.8 Å². The molecule has 1 fully saturated rings. The van der Waals surface area contributed by atoms with Crippen molar-refractivity contribution in [1.82, 2.24) is 4.31 Å². The van der Waals surface area contributed by atoms with Crippen LogP contribution in [0, 0.1) is 11.8 Å². The van der Waals surface area contributed by atoms with E-state index in [1.807, 2.05) is 0 Å². The number of amides is 1. The minimum absolute atomic E-state index is 0.170. The number of hydrogen-bond acceptors (Lipinski definition) is 4. The number of hydrogen-bond donors (Lipinski definition) is 1. The molecule has 1 amide bonds. The summed E-state index contributed by atoms with van der Waals surface area (Å²) in [6.45, 7) is 6.54. The summed E-state index contributed by atoms with van der Waals surface area (Å²) < 4.78 is 32.5. The van der Waals surface area contributed by atoms with Gasteiger partial charge in [-0.3, -0.25) is 4.79 Å². The Hall–Kier alpha value is -1.60. The number of sulfonamides is 1. The molecule has 1 heterocycles. The SMILES string of the molecule is COc1ccc(S(=O)(=O)N2C[C@H](C)C[C@@H](C)C2)cc1NC(C)=O. The van der Waals surface area contributed by atoms with Crippen LogP contribution in [0.3, 0.4) is 0 Å². The quantitative estimate of drug-likeness (QED) is 0.913. The van der Waals surface area contributed by atoms with Crippen molar-refractivity contribution in [3.8, 4) is 5.75 Å². The van der Waals surface area contributed by atoms with Gasteiger partial charge >= 0.3 is 0 Å². The largest absolute Gasteiger partial charge is 0.495 e. The van der Waals surface area contributed by atoms with Crippen LogP contribution in [0.2, 0.25) is 0 Å². The molecule has 1 N–H and O–H groups in total. The van der Waals surface area contributed by atoms with Gasteiger partial charge in [0.05, 0.1) is 17.7 Å². The maximum Gasteiger partial charge on any atom is 0.243 e. The van der Waals surface area contributed by atoms with Gasteiger partial charge in [0.15, 0.2) is 0 Å². The van der Waals surface area contributed by atoms with E-state index in [1.54, 1.807) is 6.07 Å². The Labute approximate surface area is 137 Å². The number of rotatable bonds is 4. The Morgan fingerprint density at radius 3 is 2.39 bits per heavy atom. The van der Waals surface area contributed by atoms with Gasteiger partial charge in [-0.05, 0) is 36.5 Å². The van der Waals surface area contributed by atoms with Crippen LogP contribution in [0.1, 0.15) is 27.2 Å². The number of benzene rings is 1. The molecule has 0 aliphatic carbocycles. The van der Waals surface area contributed by atoms with Gasteiger partial charge in [-0.2, -0.15) is 4.31 Å². The average Bonchev–Trinajstić information content (AvgIpc) is 2.45. The lowest BCUT2D eigenvalue weighted by Crippen LogP contribution is -2.42. The van der Waals surface area contributed by atoms with E-state index in [0.717, 1.165) is 6.42 Å². The summed E-state index contributed by atoms with van der Waals surface area (Å²) in [5.74, 6) is 0.820. The van der Waals surface area contributed by atoms with Gasteiger partial charge in [0.25, 0.3) is 0 Å². The maximum absolute atomic E-state index is 12.9. The lowest BCUT2D eigenvalue weighted by atomic mass is 9.94. The molecule has 0 radical (unpaired) electrons. The monoisotopic (exact) mass is 340 g/mol. The number of carbonyl (C=O) groups is 1. The first-order valence-corrected chi connectivity index (χ1v) is 9.13. The summed E-state index contributed by atoms with van der Waals surface area (Å²) in [4.78, 5) is 11.5. The van der Waals surface area contributed by atoms with Gasteiger partial charge in [-0.1, -0.05) is 13.8 Å². The van der Waals surface area contributed by atoms with Gasteiger partial charge in [-0.25, -0.2) is 8.42 Å². The second-order valence-corrected chi connectivity index (χ2v) is 8.25. The van der Waals surface area contributed by atoms with Gasteiger partial charge in [-0.15, -0.1) is 0 Å². The predicted octanol–water partition coefficient (Wildman–Crippen LogP) is 2.32. The Bertz CT molecular complexity index is 677. The first-order chi connectivity index (χ1) is 10.7. The molecule has 2 atom stereocenters. The molecule has 0 saturated carbocycles. The summed E-state index contributed by atoms with van der Waals surface area (Å²) in [5.41, 5.74) is 0.360. The van der Waals surface area contributed by atoms with Gasteiger partial charge in [0, 0.05) is 20.0 Å². The van der Waals surface area contributed by atoms with Crippen LogP contribution in [0.15, 0.2) is 23.1 Å². The molecule has 0 aromatic heterocycles. The molecule has 1 aromatic rings. The summed E-state index contributed by atoms with van der Waals surface area (Å²) in [7, 11) is -2.11. The Morgan fingerprint density at radius 1 is 1.26 bits per heavy atom. The highest BCUT2D eigenvalue weighted by Crippen LogP contribution is 2.31. The van der Waals surface area contributed by atoms with Crippen LogP contribution in [0.25, 0.3) is 0 Å². The molecule has 2 rings (SSSR count). The molecule has 0 spiro atoms. The highest BCUT2D eigenvalue weighted by Gasteiger charge is 2.32. The third kappa shape index (κ3) is 4.03. The van der Waals surface area contributed by atoms with Crippen molar-refractivity contribution in [2.24, 2.45) is 11.8 Å². The lowest BCUT2D eigenvalue weighted by molar-refractivity contribution is -0.114. The fourth-order valence-corrected chi connectivity index (χ4v) is 4.79. The average molecular weight is 340 g/mol. The van der Waals surface area contributed by atoms with E-state index in [4.69, 9.17) is 4.74 Å². The lowest BCUT2D eigenvalue weighted by Gasteiger charge is -2.34. The first kappa shape index (κ1) is 17.7. The van der Waals surface area contributed by atoms with E-state index in [-0.39, 0.29) is 10.8 Å². The standard InChI is InChI=1S/C16H24N2O4S/c1-11-7-12(2)10-18(9-11)23(20,21)14-5-6-16(22-4)15(8-14)17-13(3)19/h5-6,8,11-12H,7,9-10H2,1-4H3,(H,17,19)/t11-,12-/m1/s1. The second kappa shape index (κ2) is 6.88. The zero-order chi connectivity index (χ0) is 17.2. The van der Waals surface area contributed by atoms with Crippen molar-refractivity contribution >= 4 is 21.6 Å². The van der Waals surface area contributed by atoms with E-state index in [9.17, 15) is 13.2 Å². The van der Waals surface area contributed by atoms with Crippen LogP contribution in [-0.4, -0.2) is 38.8 Å². The summed E-state index contributed by atoms with van der Waals surface area (Å²) >= 11 is 0. The summed E-state index contributed by atoms with van der Waals surface area (Å²) in [6, 6.07) is 4.54. The molecule has 6 nitrogen and oxygen atoms in total.